The Hall–Kier alpha value is -7.30. The van der Waals surface area contributed by atoms with E-state index < -0.39 is 0 Å². The molecule has 10 aromatic rings. The molecular weight excluding hydrogens is 717 g/mol. The van der Waals surface area contributed by atoms with E-state index in [1.54, 1.807) is 0 Å². The maximum Gasteiger partial charge on any atom is 0.159 e. The van der Waals surface area contributed by atoms with Crippen molar-refractivity contribution in [3.05, 3.63) is 210 Å². The van der Waals surface area contributed by atoms with Crippen molar-refractivity contribution in [2.45, 2.75) is 25.4 Å². The summed E-state index contributed by atoms with van der Waals surface area (Å²) < 4.78 is 2.48. The third-order valence-corrected chi connectivity index (χ3v) is 13.0. The van der Waals surface area contributed by atoms with E-state index in [1.807, 2.05) is 6.07 Å². The van der Waals surface area contributed by atoms with Gasteiger partial charge in [-0.05, 0) is 91.1 Å². The molecule has 59 heavy (non-hydrogen) atoms. The molecule has 12 rings (SSSR count). The second-order valence-corrected chi connectivity index (χ2v) is 16.6. The Morgan fingerprint density at radius 3 is 1.92 bits per heavy atom. The minimum Gasteiger partial charge on any atom is -0.333 e. The van der Waals surface area contributed by atoms with Gasteiger partial charge in [-0.1, -0.05) is 159 Å². The first-order valence-corrected chi connectivity index (χ1v) is 20.5. The van der Waals surface area contributed by atoms with Gasteiger partial charge in [-0.2, -0.15) is 0 Å². The van der Waals surface area contributed by atoms with Crippen LogP contribution in [0.15, 0.2) is 192 Å². The van der Waals surface area contributed by atoms with Gasteiger partial charge in [-0.3, -0.25) is 0 Å². The summed E-state index contributed by atoms with van der Waals surface area (Å²) in [6.07, 6.45) is -0.257. The number of hydrogen-bond donors (Lipinski definition) is 0. The van der Waals surface area contributed by atoms with Crippen molar-refractivity contribution < 1.29 is 0 Å². The maximum absolute atomic E-state index is 5.36. The average molecular weight is 757 g/mol. The molecule has 1 aliphatic heterocycles. The monoisotopic (exact) mass is 756 g/mol. The normalized spacial score (nSPS) is 15.8. The van der Waals surface area contributed by atoms with Crippen molar-refractivity contribution in [3.8, 4) is 16.8 Å². The van der Waals surface area contributed by atoms with Crippen LogP contribution in [0.4, 0.5) is 0 Å². The zero-order chi connectivity index (χ0) is 39.4. The molecule has 4 heteroatoms. The van der Waals surface area contributed by atoms with Gasteiger partial charge in [0.15, 0.2) is 5.84 Å². The molecule has 0 bridgehead atoms. The summed E-state index contributed by atoms with van der Waals surface area (Å²) >= 11 is 0. The number of hydrogen-bond acceptors (Lipinski definition) is 3. The minimum absolute atomic E-state index is 0.107. The SMILES string of the molecule is CN1C(c2ccc(-n3c4cc5ccccc5cc4c4c5ccccc5c5ccccc5c43)cc2)=NC(c2ccccc2)=NC1c1ccc2c(c1)C(C)(C)c1ccccc1-2. The lowest BCUT2D eigenvalue weighted by Crippen LogP contribution is -2.35. The molecule has 0 spiro atoms. The highest BCUT2D eigenvalue weighted by Crippen LogP contribution is 2.50. The third kappa shape index (κ3) is 4.96. The molecule has 2 heterocycles. The lowest BCUT2D eigenvalue weighted by molar-refractivity contribution is 0.382. The highest BCUT2D eigenvalue weighted by molar-refractivity contribution is 6.33. The molecule has 0 saturated heterocycles. The van der Waals surface area contributed by atoms with Gasteiger partial charge in [-0.25, -0.2) is 9.98 Å². The second-order valence-electron chi connectivity index (χ2n) is 16.6. The molecule has 2 aliphatic rings. The largest absolute Gasteiger partial charge is 0.333 e. The molecule has 0 radical (unpaired) electrons. The van der Waals surface area contributed by atoms with E-state index in [0.29, 0.717) is 0 Å². The number of rotatable bonds is 4. The molecule has 1 unspecified atom stereocenters. The Bertz CT molecular complexity index is 3420. The van der Waals surface area contributed by atoms with Crippen LogP contribution in [0.1, 0.15) is 47.8 Å². The van der Waals surface area contributed by atoms with Crippen LogP contribution in [0.2, 0.25) is 0 Å². The van der Waals surface area contributed by atoms with E-state index in [1.165, 1.54) is 76.4 Å². The summed E-state index contributed by atoms with van der Waals surface area (Å²) in [5.74, 6) is 1.63. The maximum atomic E-state index is 5.36. The van der Waals surface area contributed by atoms with Crippen LogP contribution in [0.3, 0.4) is 0 Å². The topological polar surface area (TPSA) is 32.9 Å². The minimum atomic E-state index is -0.257. The number of benzene rings is 9. The summed E-state index contributed by atoms with van der Waals surface area (Å²) in [6, 6.07) is 66.3. The van der Waals surface area contributed by atoms with Crippen molar-refractivity contribution in [2.24, 2.45) is 9.98 Å². The predicted octanol–water partition coefficient (Wildman–Crippen LogP) is 13.4. The van der Waals surface area contributed by atoms with Crippen molar-refractivity contribution in [3.63, 3.8) is 0 Å². The fourth-order valence-electron chi connectivity index (χ4n) is 10.1. The summed E-state index contributed by atoms with van der Waals surface area (Å²) in [5.41, 5.74) is 12.0. The Labute approximate surface area is 343 Å². The smallest absolute Gasteiger partial charge is 0.159 e. The molecular formula is C55H40N4. The number of amidine groups is 2. The van der Waals surface area contributed by atoms with E-state index in [0.717, 1.165) is 34.0 Å². The van der Waals surface area contributed by atoms with Crippen LogP contribution < -0.4 is 0 Å². The number of fused-ring (bicyclic) bond motifs is 12. The molecule has 0 saturated carbocycles. The lowest BCUT2D eigenvalue weighted by atomic mass is 9.82. The Balaban J connectivity index is 1.03. The van der Waals surface area contributed by atoms with Gasteiger partial charge in [0.1, 0.15) is 12.0 Å². The fourth-order valence-corrected chi connectivity index (χ4v) is 10.1. The molecule has 1 aromatic heterocycles. The standard InChI is InChI=1S/C55H40N4/c1-55(2)47-24-14-13-21-42(47)43-30-27-38(32-48(43)55)54-57-52(34-15-5-4-6-16-34)56-53(58(54)3)35-25-28-39(29-26-35)59-49-33-37-18-8-7-17-36(37)31-46(49)50-44-22-11-9-19-40(44)41-20-10-12-23-45(41)51(50)59/h4-33,54H,1-3H3. The van der Waals surface area contributed by atoms with Gasteiger partial charge in [0.2, 0.25) is 0 Å². The zero-order valence-corrected chi connectivity index (χ0v) is 33.2. The molecule has 9 aromatic carbocycles. The third-order valence-electron chi connectivity index (χ3n) is 13.0. The van der Waals surface area contributed by atoms with Crippen molar-refractivity contribution in [1.29, 1.82) is 0 Å². The van der Waals surface area contributed by atoms with Gasteiger partial charge in [0, 0.05) is 45.4 Å². The summed E-state index contributed by atoms with van der Waals surface area (Å²) in [6.45, 7) is 4.67. The highest BCUT2D eigenvalue weighted by atomic mass is 15.3. The van der Waals surface area contributed by atoms with Gasteiger partial charge < -0.3 is 9.47 Å². The van der Waals surface area contributed by atoms with Crippen LogP contribution in [0.5, 0.6) is 0 Å². The van der Waals surface area contributed by atoms with Gasteiger partial charge in [0.05, 0.1) is 11.0 Å². The predicted molar refractivity (Wildman–Crippen MR) is 247 cm³/mol. The molecule has 1 atom stereocenters. The lowest BCUT2D eigenvalue weighted by Gasteiger charge is -2.33. The second kappa shape index (κ2) is 12.6. The first-order chi connectivity index (χ1) is 28.9. The van der Waals surface area contributed by atoms with Crippen LogP contribution >= 0.6 is 0 Å². The Morgan fingerprint density at radius 2 is 1.14 bits per heavy atom. The van der Waals surface area contributed by atoms with Crippen LogP contribution in [0, 0.1) is 0 Å². The summed E-state index contributed by atoms with van der Waals surface area (Å²) in [7, 11) is 2.13. The number of aromatic nitrogens is 1. The summed E-state index contributed by atoms with van der Waals surface area (Å²) in [4.78, 5) is 12.9. The molecule has 1 aliphatic carbocycles. The van der Waals surface area contributed by atoms with Crippen LogP contribution in [-0.2, 0) is 5.41 Å². The Morgan fingerprint density at radius 1 is 0.508 bits per heavy atom. The molecule has 0 fully saturated rings. The number of aliphatic imine (C=N–C) groups is 2. The van der Waals surface area contributed by atoms with E-state index in [2.05, 4.69) is 206 Å². The average Bonchev–Trinajstić information content (AvgIpc) is 3.74. The molecule has 0 N–H and O–H groups in total. The molecule has 4 nitrogen and oxygen atoms in total. The van der Waals surface area contributed by atoms with E-state index in [-0.39, 0.29) is 11.6 Å². The molecule has 0 amide bonds. The van der Waals surface area contributed by atoms with Crippen LogP contribution in [-0.4, -0.2) is 28.2 Å². The van der Waals surface area contributed by atoms with E-state index >= 15 is 0 Å². The first-order valence-electron chi connectivity index (χ1n) is 20.5. The van der Waals surface area contributed by atoms with Crippen molar-refractivity contribution in [1.82, 2.24) is 9.47 Å². The van der Waals surface area contributed by atoms with Gasteiger partial charge >= 0.3 is 0 Å². The fraction of sp³-hybridized carbons (Fsp3) is 0.0909. The highest BCUT2D eigenvalue weighted by Gasteiger charge is 2.36. The van der Waals surface area contributed by atoms with Gasteiger partial charge in [-0.15, -0.1) is 0 Å². The molecule has 280 valence electrons. The first kappa shape index (κ1) is 33.8. The van der Waals surface area contributed by atoms with Crippen molar-refractivity contribution >= 4 is 65.8 Å². The van der Waals surface area contributed by atoms with Crippen LogP contribution in [0.25, 0.3) is 70.9 Å². The quantitative estimate of drug-likeness (QED) is 0.165. The summed E-state index contributed by atoms with van der Waals surface area (Å²) in [5, 5.41) is 10.1. The van der Waals surface area contributed by atoms with E-state index in [9.17, 15) is 0 Å². The zero-order valence-electron chi connectivity index (χ0n) is 33.2. The van der Waals surface area contributed by atoms with Crippen molar-refractivity contribution in [2.75, 3.05) is 7.05 Å². The number of nitrogens with zero attached hydrogens (tertiary/aromatic N) is 4. The Kier molecular flexibility index (Phi) is 7.22. The van der Waals surface area contributed by atoms with E-state index in [4.69, 9.17) is 9.98 Å². The van der Waals surface area contributed by atoms with Gasteiger partial charge in [0.25, 0.3) is 0 Å².